The summed E-state index contributed by atoms with van der Waals surface area (Å²) in [4.78, 5) is 44.2. The van der Waals surface area contributed by atoms with Crippen molar-refractivity contribution in [2.24, 2.45) is 33.6 Å². The summed E-state index contributed by atoms with van der Waals surface area (Å²) < 4.78 is 0. The number of allylic oxidation sites excluding steroid dienone is 1. The van der Waals surface area contributed by atoms with Gasteiger partial charge in [0.25, 0.3) is 0 Å². The molecule has 1 aromatic carbocycles. The second-order valence-electron chi connectivity index (χ2n) is 12.0. The van der Waals surface area contributed by atoms with Gasteiger partial charge in [-0.05, 0) is 61.5 Å². The number of ketones is 3. The number of thioether (sulfide) groups is 1. The third kappa shape index (κ3) is 3.57. The molecule has 6 rings (SSSR count). The Morgan fingerprint density at radius 3 is 2.78 bits per heavy atom. The first-order chi connectivity index (χ1) is 17.6. The van der Waals surface area contributed by atoms with Gasteiger partial charge in [-0.3, -0.25) is 14.4 Å². The van der Waals surface area contributed by atoms with E-state index < -0.39 is 11.0 Å². The van der Waals surface area contributed by atoms with Crippen LogP contribution in [0.3, 0.4) is 0 Å². The van der Waals surface area contributed by atoms with Crippen molar-refractivity contribution in [2.75, 3.05) is 5.75 Å². The molecule has 3 saturated carbocycles. The molecule has 0 aromatic heterocycles. The number of para-hydroxylation sites is 1. The van der Waals surface area contributed by atoms with Crippen LogP contribution in [0, 0.1) is 28.6 Å². The van der Waals surface area contributed by atoms with Crippen LogP contribution >= 0.6 is 11.8 Å². The summed E-state index contributed by atoms with van der Waals surface area (Å²) in [6.45, 7) is 8.20. The minimum atomic E-state index is -1.53. The molecule has 6 atom stereocenters. The van der Waals surface area contributed by atoms with Crippen molar-refractivity contribution in [3.8, 4) is 0 Å². The number of aliphatic imine (C=N–C) groups is 1. The summed E-state index contributed by atoms with van der Waals surface area (Å²) in [6, 6.07) is 7.71. The van der Waals surface area contributed by atoms with Gasteiger partial charge < -0.3 is 10.4 Å². The number of rotatable bonds is 3. The highest BCUT2D eigenvalue weighted by Crippen LogP contribution is 2.66. The molecule has 1 aliphatic heterocycles. The zero-order valence-electron chi connectivity index (χ0n) is 21.5. The van der Waals surface area contributed by atoms with Crippen molar-refractivity contribution in [2.45, 2.75) is 64.4 Å². The molecule has 6 nitrogen and oxygen atoms in total. The van der Waals surface area contributed by atoms with E-state index in [9.17, 15) is 19.5 Å². The van der Waals surface area contributed by atoms with Gasteiger partial charge in [-0.25, -0.2) is 4.99 Å². The van der Waals surface area contributed by atoms with Crippen LogP contribution < -0.4 is 5.32 Å². The lowest BCUT2D eigenvalue weighted by atomic mass is 9.46. The lowest BCUT2D eigenvalue weighted by Crippen LogP contribution is -2.60. The highest BCUT2D eigenvalue weighted by atomic mass is 32.2. The molecular weight excluding hydrogens is 484 g/mol. The van der Waals surface area contributed by atoms with Gasteiger partial charge in [0.05, 0.1) is 11.4 Å². The number of carbonyl (C=O) groups excluding carboxylic acids is 3. The molecule has 1 heterocycles. The normalized spacial score (nSPS) is 38.5. The van der Waals surface area contributed by atoms with E-state index in [1.807, 2.05) is 31.2 Å². The maximum atomic E-state index is 13.8. The van der Waals surface area contributed by atoms with E-state index in [0.29, 0.717) is 18.0 Å². The van der Waals surface area contributed by atoms with Crippen molar-refractivity contribution in [1.82, 2.24) is 5.32 Å². The number of nitrogens with one attached hydrogen (secondary N) is 1. The fraction of sp³-hybridized carbons (Fsp3) is 0.533. The van der Waals surface area contributed by atoms with Crippen LogP contribution in [0.4, 0.5) is 5.69 Å². The number of aliphatic hydroxyl groups is 1. The fourth-order valence-electron chi connectivity index (χ4n) is 8.33. The summed E-state index contributed by atoms with van der Waals surface area (Å²) in [5.41, 5.74) is 1.02. The molecule has 1 aromatic rings. The predicted octanol–water partition coefficient (Wildman–Crippen LogP) is 4.99. The maximum absolute atomic E-state index is 13.8. The average molecular weight is 519 g/mol. The Bertz CT molecular complexity index is 1300. The Balaban J connectivity index is 1.23. The van der Waals surface area contributed by atoms with Crippen molar-refractivity contribution < 1.29 is 19.5 Å². The lowest BCUT2D eigenvalue weighted by Gasteiger charge is -2.57. The molecule has 0 amide bonds. The fourth-order valence-corrected chi connectivity index (χ4v) is 9.19. The third-order valence-corrected chi connectivity index (χ3v) is 11.2. The van der Waals surface area contributed by atoms with Gasteiger partial charge in [-0.1, -0.05) is 56.0 Å². The Kier molecular flexibility index (Phi) is 5.70. The van der Waals surface area contributed by atoms with Crippen molar-refractivity contribution >= 4 is 45.7 Å². The van der Waals surface area contributed by atoms with Gasteiger partial charge in [0, 0.05) is 35.4 Å². The molecule has 0 spiro atoms. The summed E-state index contributed by atoms with van der Waals surface area (Å²) in [5.74, 6) is 0.294. The summed E-state index contributed by atoms with van der Waals surface area (Å²) in [5, 5.41) is 15.7. The molecule has 3 fully saturated rings. The Labute approximate surface area is 222 Å². The first kappa shape index (κ1) is 24.8. The first-order valence-corrected chi connectivity index (χ1v) is 14.3. The minimum Gasteiger partial charge on any atom is -0.381 e. The Hall–Kier alpha value is -2.51. The van der Waals surface area contributed by atoms with Gasteiger partial charge in [0.15, 0.2) is 16.7 Å². The molecule has 0 saturated heterocycles. The van der Waals surface area contributed by atoms with Crippen LogP contribution in [0.25, 0.3) is 5.70 Å². The van der Waals surface area contributed by atoms with Gasteiger partial charge >= 0.3 is 0 Å². The summed E-state index contributed by atoms with van der Waals surface area (Å²) in [7, 11) is 0. The second-order valence-corrected chi connectivity index (χ2v) is 13.0. The molecule has 194 valence electrons. The van der Waals surface area contributed by atoms with E-state index in [2.05, 4.69) is 23.8 Å². The molecule has 5 unspecified atom stereocenters. The lowest BCUT2D eigenvalue weighted by molar-refractivity contribution is -0.167. The van der Waals surface area contributed by atoms with Gasteiger partial charge in [-0.15, -0.1) is 0 Å². The summed E-state index contributed by atoms with van der Waals surface area (Å²) in [6.07, 6.45) is 6.01. The van der Waals surface area contributed by atoms with Crippen molar-refractivity contribution in [1.29, 1.82) is 0 Å². The number of hydrogen-bond acceptors (Lipinski definition) is 7. The maximum Gasteiger partial charge on any atom is 0.175 e. The van der Waals surface area contributed by atoms with Crippen molar-refractivity contribution in [3.05, 3.63) is 48.1 Å². The standard InChI is InChI=1S/C30H34N2O4S/c1-17-20-6-4-5-7-23(20)32-27(31-17)37-16-25(35)30(36)13-11-22-21-9-8-18-14-19(33)10-12-28(18,2)26(21)24(34)15-29(22,30)3/h4-7,14,21-22,26,36H,1,8-13,15-16H2,2-3H3,(H,31,32)/t21?,22?,26?,28?,29?,30-/m0/s1. The van der Waals surface area contributed by atoms with E-state index in [-0.39, 0.29) is 52.7 Å². The molecule has 2 N–H and O–H groups in total. The van der Waals surface area contributed by atoms with Crippen LogP contribution in [0.15, 0.2) is 47.5 Å². The second kappa shape index (κ2) is 8.50. The molecule has 0 bridgehead atoms. The van der Waals surface area contributed by atoms with Crippen molar-refractivity contribution in [3.63, 3.8) is 0 Å². The van der Waals surface area contributed by atoms with E-state index in [4.69, 9.17) is 0 Å². The third-order valence-electron chi connectivity index (χ3n) is 10.3. The molecular formula is C30H34N2O4S. The predicted molar refractivity (Wildman–Crippen MR) is 145 cm³/mol. The van der Waals surface area contributed by atoms with E-state index in [0.717, 1.165) is 48.2 Å². The largest absolute Gasteiger partial charge is 0.381 e. The number of nitrogens with zero attached hydrogens (tertiary/aromatic N) is 1. The molecule has 7 heteroatoms. The number of benzene rings is 1. The average Bonchev–Trinajstić information content (AvgIpc) is 3.14. The van der Waals surface area contributed by atoms with Gasteiger partial charge in [0.1, 0.15) is 11.4 Å². The Morgan fingerprint density at radius 2 is 1.97 bits per heavy atom. The first-order valence-electron chi connectivity index (χ1n) is 13.4. The van der Waals surface area contributed by atoms with Gasteiger partial charge in [-0.2, -0.15) is 0 Å². The topological polar surface area (TPSA) is 95.8 Å². The van der Waals surface area contributed by atoms with Crippen LogP contribution in [0.2, 0.25) is 0 Å². The number of hydrogen-bond donors (Lipinski definition) is 2. The molecule has 5 aliphatic rings. The van der Waals surface area contributed by atoms with Gasteiger partial charge in [0.2, 0.25) is 0 Å². The van der Waals surface area contributed by atoms with Crippen LogP contribution in [-0.4, -0.2) is 39.0 Å². The van der Waals surface area contributed by atoms with E-state index in [1.165, 1.54) is 11.8 Å². The zero-order chi connectivity index (χ0) is 26.2. The zero-order valence-corrected chi connectivity index (χ0v) is 22.3. The highest BCUT2D eigenvalue weighted by molar-refractivity contribution is 8.14. The molecule has 0 radical (unpaired) electrons. The van der Waals surface area contributed by atoms with Crippen LogP contribution in [0.5, 0.6) is 0 Å². The van der Waals surface area contributed by atoms with E-state index in [1.54, 1.807) is 6.08 Å². The molecule has 4 aliphatic carbocycles. The number of carbonyl (C=O) groups is 3. The highest BCUT2D eigenvalue weighted by Gasteiger charge is 2.68. The monoisotopic (exact) mass is 518 g/mol. The van der Waals surface area contributed by atoms with Crippen LogP contribution in [-0.2, 0) is 14.4 Å². The Morgan fingerprint density at radius 1 is 1.19 bits per heavy atom. The number of Topliss-reactive ketones (excluding diaryl/α,β-unsaturated/α-hetero) is 2. The van der Waals surface area contributed by atoms with E-state index >= 15 is 0 Å². The number of fused-ring (bicyclic) bond motifs is 6. The minimum absolute atomic E-state index is 0.0785. The van der Waals surface area contributed by atoms with Crippen LogP contribution in [0.1, 0.15) is 64.4 Å². The SMILES string of the molecule is C=C1NC(SCC(=O)[C@@]2(O)CCC3C4CCC5=CC(=O)CCC5(C)C4C(=O)CC32C)=Nc2ccccc21. The summed E-state index contributed by atoms with van der Waals surface area (Å²) >= 11 is 1.28. The smallest absolute Gasteiger partial charge is 0.175 e. The quantitative estimate of drug-likeness (QED) is 0.585. The number of amidine groups is 1. The molecule has 37 heavy (non-hydrogen) atoms.